The van der Waals surface area contributed by atoms with Crippen LogP contribution in [0.3, 0.4) is 0 Å². The first kappa shape index (κ1) is 25.2. The third-order valence-electron chi connectivity index (χ3n) is 5.08. The van der Waals surface area contributed by atoms with Crippen LogP contribution in [0.1, 0.15) is 46.0 Å². The molecule has 31 heavy (non-hydrogen) atoms. The molecule has 0 bridgehead atoms. The van der Waals surface area contributed by atoms with Crippen LogP contribution in [0.2, 0.25) is 0 Å². The smallest absolute Gasteiger partial charge is 0.287 e. The van der Waals surface area contributed by atoms with Gasteiger partial charge in [-0.3, -0.25) is 14.4 Å². The van der Waals surface area contributed by atoms with Crippen molar-refractivity contribution in [1.82, 2.24) is 10.0 Å². The molecule has 1 aromatic carbocycles. The molecule has 0 aromatic heterocycles. The first-order chi connectivity index (χ1) is 14.7. The van der Waals surface area contributed by atoms with Crippen LogP contribution >= 0.6 is 0 Å². The first-order valence-electron chi connectivity index (χ1n) is 10.7. The van der Waals surface area contributed by atoms with Gasteiger partial charge in [0.2, 0.25) is 15.8 Å². The molecule has 0 spiro atoms. The third kappa shape index (κ3) is 8.16. The van der Waals surface area contributed by atoms with Crippen molar-refractivity contribution in [2.24, 2.45) is 11.8 Å². The summed E-state index contributed by atoms with van der Waals surface area (Å²) in [6.07, 6.45) is 1.59. The summed E-state index contributed by atoms with van der Waals surface area (Å²) in [5, 5.41) is 2.56. The van der Waals surface area contributed by atoms with Crippen molar-refractivity contribution in [2.45, 2.75) is 56.9 Å². The standard InChI is InChI=1S/C22H32N2O6S/c1-16(2)14-19(24-31(28,29)18-9-4-3-5-10-18)20(25)15-17-8-6-12-30-13-7-11-23-22(27)21(17)26/h3-5,9-10,16-17,19,24H,6-8,11-15H2,1-2H3,(H,23,27). The highest BCUT2D eigenvalue weighted by Crippen LogP contribution is 2.19. The lowest BCUT2D eigenvalue weighted by Gasteiger charge is -2.22. The Morgan fingerprint density at radius 2 is 1.84 bits per heavy atom. The quantitative estimate of drug-likeness (QED) is 0.581. The van der Waals surface area contributed by atoms with Crippen molar-refractivity contribution in [2.75, 3.05) is 19.8 Å². The molecule has 2 N–H and O–H groups in total. The SMILES string of the molecule is CC(C)CC(NS(=O)(=O)c1ccccc1)C(=O)CC1CCCOCCCNC(=O)C1=O. The normalized spacial score (nSPS) is 20.0. The number of benzene rings is 1. The largest absolute Gasteiger partial charge is 0.381 e. The highest BCUT2D eigenvalue weighted by molar-refractivity contribution is 7.89. The Bertz CT molecular complexity index is 854. The van der Waals surface area contributed by atoms with Crippen molar-refractivity contribution in [1.29, 1.82) is 0 Å². The molecule has 2 unspecified atom stereocenters. The summed E-state index contributed by atoms with van der Waals surface area (Å²) in [4.78, 5) is 37.9. The van der Waals surface area contributed by atoms with Crippen molar-refractivity contribution >= 4 is 27.5 Å². The number of carbonyl (C=O) groups excluding carboxylic acids is 3. The topological polar surface area (TPSA) is 119 Å². The Morgan fingerprint density at radius 1 is 1.16 bits per heavy atom. The molecular formula is C22H32N2O6S. The maximum absolute atomic E-state index is 13.1. The summed E-state index contributed by atoms with van der Waals surface area (Å²) in [5.74, 6) is -2.48. The maximum Gasteiger partial charge on any atom is 0.287 e. The van der Waals surface area contributed by atoms with Crippen LogP contribution in [0, 0.1) is 11.8 Å². The molecule has 1 saturated heterocycles. The van der Waals surface area contributed by atoms with Gasteiger partial charge in [0, 0.05) is 32.1 Å². The van der Waals surface area contributed by atoms with Gasteiger partial charge in [0.05, 0.1) is 10.9 Å². The van der Waals surface area contributed by atoms with E-state index in [0.717, 1.165) is 0 Å². The fourth-order valence-electron chi connectivity index (χ4n) is 3.47. The third-order valence-corrected chi connectivity index (χ3v) is 6.57. The van der Waals surface area contributed by atoms with Crippen molar-refractivity contribution < 1.29 is 27.5 Å². The molecule has 1 amide bonds. The number of ketones is 2. The lowest BCUT2D eigenvalue weighted by molar-refractivity contribution is -0.141. The minimum absolute atomic E-state index is 0.0485. The van der Waals surface area contributed by atoms with Crippen LogP contribution in [-0.4, -0.2) is 51.7 Å². The van der Waals surface area contributed by atoms with E-state index in [0.29, 0.717) is 45.4 Å². The summed E-state index contributed by atoms with van der Waals surface area (Å²) in [5.41, 5.74) is 0. The van der Waals surface area contributed by atoms with E-state index in [4.69, 9.17) is 4.74 Å². The Labute approximate surface area is 184 Å². The zero-order chi connectivity index (χ0) is 22.9. The summed E-state index contributed by atoms with van der Waals surface area (Å²) in [6.45, 7) is 5.05. The molecule has 2 rings (SSSR count). The van der Waals surface area contributed by atoms with Crippen LogP contribution < -0.4 is 10.0 Å². The molecule has 1 aromatic rings. The highest BCUT2D eigenvalue weighted by atomic mass is 32.2. The fraction of sp³-hybridized carbons (Fsp3) is 0.591. The molecule has 9 heteroatoms. The van der Waals surface area contributed by atoms with E-state index in [2.05, 4.69) is 10.0 Å². The lowest BCUT2D eigenvalue weighted by atomic mass is 9.88. The Hall–Kier alpha value is -2.10. The fourth-order valence-corrected chi connectivity index (χ4v) is 4.72. The van der Waals surface area contributed by atoms with Crippen molar-refractivity contribution in [3.63, 3.8) is 0 Å². The molecular weight excluding hydrogens is 420 g/mol. The van der Waals surface area contributed by atoms with Gasteiger partial charge in [-0.2, -0.15) is 0 Å². The first-order valence-corrected chi connectivity index (χ1v) is 12.2. The van der Waals surface area contributed by atoms with Crippen LogP contribution in [-0.2, 0) is 29.1 Å². The molecule has 2 atom stereocenters. The average Bonchev–Trinajstić information content (AvgIpc) is 2.76. The van der Waals surface area contributed by atoms with Crippen LogP contribution in [0.25, 0.3) is 0 Å². The second kappa shape index (κ2) is 12.1. The minimum Gasteiger partial charge on any atom is -0.381 e. The Morgan fingerprint density at radius 3 is 2.52 bits per heavy atom. The molecule has 0 saturated carbocycles. The van der Waals surface area contributed by atoms with Gasteiger partial charge >= 0.3 is 0 Å². The van der Waals surface area contributed by atoms with E-state index in [1.54, 1.807) is 18.2 Å². The van der Waals surface area contributed by atoms with Gasteiger partial charge < -0.3 is 10.1 Å². The van der Waals surface area contributed by atoms with E-state index < -0.39 is 39.5 Å². The molecule has 1 heterocycles. The molecule has 172 valence electrons. The van der Waals surface area contributed by atoms with E-state index in [9.17, 15) is 22.8 Å². The Balaban J connectivity index is 2.16. The van der Waals surface area contributed by atoms with Crippen molar-refractivity contribution in [3.05, 3.63) is 30.3 Å². The van der Waals surface area contributed by atoms with E-state index in [1.165, 1.54) is 12.1 Å². The molecule has 1 aliphatic heterocycles. The van der Waals surface area contributed by atoms with Crippen LogP contribution in [0.5, 0.6) is 0 Å². The number of rotatable bonds is 8. The number of ether oxygens (including phenoxy) is 1. The molecule has 8 nitrogen and oxygen atoms in total. The summed E-state index contributed by atoms with van der Waals surface area (Å²) in [6, 6.07) is 6.86. The van der Waals surface area contributed by atoms with Gasteiger partial charge in [0.15, 0.2) is 5.78 Å². The molecule has 1 fully saturated rings. The second-order valence-electron chi connectivity index (χ2n) is 8.21. The number of carbonyl (C=O) groups is 3. The summed E-state index contributed by atoms with van der Waals surface area (Å²) in [7, 11) is -3.90. The predicted octanol–water partition coefficient (Wildman–Crippen LogP) is 1.84. The number of nitrogens with one attached hydrogen (secondary N) is 2. The van der Waals surface area contributed by atoms with Crippen LogP contribution in [0.4, 0.5) is 0 Å². The van der Waals surface area contributed by atoms with Gasteiger partial charge in [-0.05, 0) is 43.7 Å². The number of hydrogen-bond acceptors (Lipinski definition) is 6. The zero-order valence-corrected chi connectivity index (χ0v) is 18.9. The van der Waals surface area contributed by atoms with Gasteiger partial charge in [0.1, 0.15) is 0 Å². The minimum atomic E-state index is -3.90. The van der Waals surface area contributed by atoms with Gasteiger partial charge in [-0.15, -0.1) is 0 Å². The lowest BCUT2D eigenvalue weighted by Crippen LogP contribution is -2.44. The summed E-state index contributed by atoms with van der Waals surface area (Å²) < 4.78 is 33.5. The predicted molar refractivity (Wildman–Crippen MR) is 116 cm³/mol. The van der Waals surface area contributed by atoms with Crippen molar-refractivity contribution in [3.8, 4) is 0 Å². The monoisotopic (exact) mass is 452 g/mol. The highest BCUT2D eigenvalue weighted by Gasteiger charge is 2.32. The molecule has 0 radical (unpaired) electrons. The van der Waals surface area contributed by atoms with Gasteiger partial charge in [-0.1, -0.05) is 32.0 Å². The molecule has 0 aliphatic carbocycles. The average molecular weight is 453 g/mol. The summed E-state index contributed by atoms with van der Waals surface area (Å²) >= 11 is 0. The van der Waals surface area contributed by atoms with E-state index >= 15 is 0 Å². The van der Waals surface area contributed by atoms with Gasteiger partial charge in [0.25, 0.3) is 5.91 Å². The van der Waals surface area contributed by atoms with Gasteiger partial charge in [-0.25, -0.2) is 13.1 Å². The van der Waals surface area contributed by atoms with E-state index in [1.807, 2.05) is 13.8 Å². The zero-order valence-electron chi connectivity index (χ0n) is 18.1. The second-order valence-corrected chi connectivity index (χ2v) is 9.93. The number of amides is 1. The number of sulfonamides is 1. The maximum atomic E-state index is 13.1. The number of Topliss-reactive ketones (excluding diaryl/α,β-unsaturated/α-hetero) is 2. The number of hydrogen-bond donors (Lipinski definition) is 2. The van der Waals surface area contributed by atoms with E-state index in [-0.39, 0.29) is 17.2 Å². The molecule has 1 aliphatic rings. The van der Waals surface area contributed by atoms with Crippen LogP contribution in [0.15, 0.2) is 35.2 Å². The Kier molecular flexibility index (Phi) is 9.80.